The van der Waals surface area contributed by atoms with Gasteiger partial charge in [0.2, 0.25) is 27.9 Å². The number of benzene rings is 1. The first-order valence-electron chi connectivity index (χ1n) is 11.2. The van der Waals surface area contributed by atoms with Crippen LogP contribution in [0.1, 0.15) is 0 Å². The number of hydrogen-bond donors (Lipinski definition) is 2. The molecule has 2 N–H and O–H groups in total. The van der Waals surface area contributed by atoms with E-state index in [1.807, 2.05) is 14.1 Å². The number of piperazine rings is 2. The molecule has 204 valence electrons. The summed E-state index contributed by atoms with van der Waals surface area (Å²) < 4.78 is 64.6. The van der Waals surface area contributed by atoms with Crippen LogP contribution in [-0.4, -0.2) is 111 Å². The van der Waals surface area contributed by atoms with E-state index in [-0.39, 0.29) is 10.8 Å². The molecule has 0 radical (unpaired) electrons. The van der Waals surface area contributed by atoms with E-state index >= 15 is 0 Å². The second-order valence-corrected chi connectivity index (χ2v) is 12.5. The standard InChI is InChI=1S/C19H28N8O7S3/c1-33-34-35-26-10-6-24(7-11-26)18-21-17(20-15-4-3-5-16(14-15)37(30,31)32)22-19(23-18)25-8-12-27(13-9-25)36(2,28)29/h3-5,14H,6-13H2,1-2H3,(H,30,31,32)(H,20,21,22,23). The van der Waals surface area contributed by atoms with Crippen LogP contribution in [0.15, 0.2) is 29.2 Å². The van der Waals surface area contributed by atoms with Crippen molar-refractivity contribution in [3.05, 3.63) is 24.3 Å². The Morgan fingerprint density at radius 2 is 1.51 bits per heavy atom. The Morgan fingerprint density at radius 3 is 2.05 bits per heavy atom. The second kappa shape index (κ2) is 11.6. The summed E-state index contributed by atoms with van der Waals surface area (Å²) in [4.78, 5) is 22.0. The number of anilines is 4. The lowest BCUT2D eigenvalue weighted by molar-refractivity contribution is -0.163. The molecule has 0 spiro atoms. The minimum absolute atomic E-state index is 0.178. The quantitative estimate of drug-likeness (QED) is 0.136. The number of nitrogens with zero attached hydrogens (tertiary/aromatic N) is 7. The van der Waals surface area contributed by atoms with Gasteiger partial charge >= 0.3 is 0 Å². The van der Waals surface area contributed by atoms with Crippen LogP contribution in [0, 0.1) is 0 Å². The van der Waals surface area contributed by atoms with Crippen molar-refractivity contribution in [3.8, 4) is 0 Å². The lowest BCUT2D eigenvalue weighted by Crippen LogP contribution is -2.49. The predicted molar refractivity (Wildman–Crippen MR) is 137 cm³/mol. The van der Waals surface area contributed by atoms with Gasteiger partial charge in [0.05, 0.1) is 18.3 Å². The number of nitrogens with one attached hydrogen (secondary N) is 1. The Kier molecular flexibility index (Phi) is 8.69. The van der Waals surface area contributed by atoms with Crippen LogP contribution < -0.4 is 15.1 Å². The first-order valence-corrected chi connectivity index (χ1v) is 15.2. The summed E-state index contributed by atoms with van der Waals surface area (Å²) in [7, 11) is -6.25. The molecule has 2 aliphatic heterocycles. The van der Waals surface area contributed by atoms with Crippen LogP contribution in [0.4, 0.5) is 23.5 Å². The number of hydrogen-bond acceptors (Lipinski definition) is 14. The molecule has 1 aromatic heterocycles. The molecule has 0 saturated carbocycles. The summed E-state index contributed by atoms with van der Waals surface area (Å²) in [5, 5.41) is 3.00. The summed E-state index contributed by atoms with van der Waals surface area (Å²) in [5.74, 6) is 0.963. The van der Waals surface area contributed by atoms with Gasteiger partial charge in [-0.1, -0.05) is 6.07 Å². The molecule has 2 aliphatic rings. The molecule has 4 rings (SSSR count). The summed E-state index contributed by atoms with van der Waals surface area (Å²) in [6.45, 7) is 3.90. The fourth-order valence-electron chi connectivity index (χ4n) is 3.81. The highest BCUT2D eigenvalue weighted by atomic mass is 32.2. The van der Waals surface area contributed by atoms with Crippen molar-refractivity contribution in [2.75, 3.05) is 80.8 Å². The molecule has 3 heterocycles. The fraction of sp³-hybridized carbons (Fsp3) is 0.526. The molecule has 1 aromatic carbocycles. The first-order chi connectivity index (χ1) is 17.5. The number of sulfonamides is 1. The van der Waals surface area contributed by atoms with Crippen LogP contribution in [0.2, 0.25) is 0 Å². The van der Waals surface area contributed by atoms with Crippen LogP contribution in [0.25, 0.3) is 0 Å². The Balaban J connectivity index is 1.58. The molecule has 37 heavy (non-hydrogen) atoms. The number of aromatic nitrogens is 3. The van der Waals surface area contributed by atoms with Gasteiger partial charge in [0.25, 0.3) is 10.1 Å². The highest BCUT2D eigenvalue weighted by Gasteiger charge is 2.27. The van der Waals surface area contributed by atoms with E-state index in [1.54, 1.807) is 6.07 Å². The Hall–Kier alpha value is -2.32. The third kappa shape index (κ3) is 7.38. The molecule has 2 fully saturated rings. The summed E-state index contributed by atoms with van der Waals surface area (Å²) in [6, 6.07) is 5.65. The molecule has 2 saturated heterocycles. The van der Waals surface area contributed by atoms with Crippen molar-refractivity contribution in [1.29, 1.82) is 0 Å². The van der Waals surface area contributed by atoms with Crippen molar-refractivity contribution in [2.24, 2.45) is 0 Å². The Labute approximate surface area is 219 Å². The molecule has 2 aromatic rings. The van der Waals surface area contributed by atoms with Gasteiger partial charge in [-0.15, -0.1) is 4.33 Å². The van der Waals surface area contributed by atoms with E-state index in [1.165, 1.54) is 35.9 Å². The van der Waals surface area contributed by atoms with Crippen LogP contribution in [0.5, 0.6) is 0 Å². The molecule has 0 amide bonds. The lowest BCUT2D eigenvalue weighted by Gasteiger charge is -2.35. The summed E-state index contributed by atoms with van der Waals surface area (Å²) >= 11 is 1.12. The predicted octanol–water partition coefficient (Wildman–Crippen LogP) is 0.207. The zero-order valence-electron chi connectivity index (χ0n) is 20.2. The monoisotopic (exact) mass is 576 g/mol. The van der Waals surface area contributed by atoms with Gasteiger partial charge in [-0.3, -0.25) is 4.55 Å². The van der Waals surface area contributed by atoms with E-state index in [4.69, 9.17) is 4.33 Å². The normalized spacial score (nSPS) is 18.2. The maximum Gasteiger partial charge on any atom is 0.294 e. The minimum atomic E-state index is -4.39. The van der Waals surface area contributed by atoms with Crippen LogP contribution in [-0.2, 0) is 29.4 Å². The van der Waals surface area contributed by atoms with E-state index in [9.17, 15) is 21.4 Å². The largest absolute Gasteiger partial charge is 0.338 e. The SMILES string of the molecule is COOSN1CCN(c2nc(Nc3cccc(S(=O)(=O)O)c3)nc(N3CCN(S(C)(=O)=O)CC3)n2)CC1. The van der Waals surface area contributed by atoms with Crippen molar-refractivity contribution >= 4 is 55.9 Å². The van der Waals surface area contributed by atoms with Gasteiger partial charge in [-0.05, 0) is 18.2 Å². The summed E-state index contributed by atoms with van der Waals surface area (Å²) in [5.41, 5.74) is 0.359. The molecular formula is C19H28N8O7S3. The highest BCUT2D eigenvalue weighted by molar-refractivity contribution is 7.92. The molecule has 0 atom stereocenters. The van der Waals surface area contributed by atoms with E-state index in [2.05, 4.69) is 25.2 Å². The van der Waals surface area contributed by atoms with Crippen LogP contribution in [0.3, 0.4) is 0 Å². The smallest absolute Gasteiger partial charge is 0.294 e. The molecule has 0 aliphatic carbocycles. The van der Waals surface area contributed by atoms with Gasteiger partial charge in [0, 0.05) is 58.0 Å². The molecule has 0 unspecified atom stereocenters. The maximum atomic E-state index is 11.9. The van der Waals surface area contributed by atoms with Crippen molar-refractivity contribution < 1.29 is 30.6 Å². The maximum absolute atomic E-state index is 11.9. The minimum Gasteiger partial charge on any atom is -0.338 e. The lowest BCUT2D eigenvalue weighted by atomic mass is 10.3. The Morgan fingerprint density at radius 1 is 0.919 bits per heavy atom. The first kappa shape index (κ1) is 27.7. The third-order valence-corrected chi connectivity index (χ3v) is 8.64. The van der Waals surface area contributed by atoms with Gasteiger partial charge in [-0.25, -0.2) is 17.6 Å². The fourth-order valence-corrected chi connectivity index (χ4v) is 5.62. The number of rotatable bonds is 9. The van der Waals surface area contributed by atoms with E-state index in [0.29, 0.717) is 69.9 Å². The zero-order chi connectivity index (χ0) is 26.6. The molecule has 15 nitrogen and oxygen atoms in total. The third-order valence-electron chi connectivity index (χ3n) is 5.72. The van der Waals surface area contributed by atoms with Crippen molar-refractivity contribution in [3.63, 3.8) is 0 Å². The van der Waals surface area contributed by atoms with E-state index in [0.717, 1.165) is 12.2 Å². The molecule has 0 bridgehead atoms. The van der Waals surface area contributed by atoms with Gasteiger partial charge in [-0.2, -0.15) is 27.7 Å². The highest BCUT2D eigenvalue weighted by Crippen LogP contribution is 2.24. The topological polar surface area (TPSA) is 171 Å². The van der Waals surface area contributed by atoms with Crippen LogP contribution >= 0.6 is 12.2 Å². The zero-order valence-corrected chi connectivity index (χ0v) is 22.7. The summed E-state index contributed by atoms with van der Waals surface area (Å²) in [6.07, 6.45) is 1.18. The van der Waals surface area contributed by atoms with E-state index < -0.39 is 20.1 Å². The molecular weight excluding hydrogens is 548 g/mol. The van der Waals surface area contributed by atoms with Gasteiger partial charge in [0.15, 0.2) is 0 Å². The Bertz CT molecular complexity index is 1300. The van der Waals surface area contributed by atoms with Gasteiger partial charge < -0.3 is 15.1 Å². The van der Waals surface area contributed by atoms with Crippen molar-refractivity contribution in [2.45, 2.75) is 4.90 Å². The average molecular weight is 577 g/mol. The van der Waals surface area contributed by atoms with Crippen molar-refractivity contribution in [1.82, 2.24) is 23.6 Å². The average Bonchev–Trinajstić information content (AvgIpc) is 2.87. The molecule has 18 heteroatoms. The van der Waals surface area contributed by atoms with Gasteiger partial charge in [0.1, 0.15) is 12.2 Å². The second-order valence-electron chi connectivity index (χ2n) is 8.26.